The number of halogens is 1. The van der Waals surface area contributed by atoms with E-state index < -0.39 is 0 Å². The van der Waals surface area contributed by atoms with Gasteiger partial charge in [0.1, 0.15) is 0 Å². The fourth-order valence-corrected chi connectivity index (χ4v) is 4.93. The maximum Gasteiger partial charge on any atom is 0.191 e. The highest BCUT2D eigenvalue weighted by molar-refractivity contribution is 7.99. The molecule has 4 rings (SSSR count). The van der Waals surface area contributed by atoms with Crippen molar-refractivity contribution in [1.82, 2.24) is 14.8 Å². The number of rotatable bonds is 5. The smallest absolute Gasteiger partial charge is 0.191 e. The van der Waals surface area contributed by atoms with Gasteiger partial charge in [-0.25, -0.2) is 0 Å². The maximum absolute atomic E-state index is 6.42. The summed E-state index contributed by atoms with van der Waals surface area (Å²) in [6.07, 6.45) is 7.63. The molecule has 2 fully saturated rings. The molecule has 2 heterocycles. The molecule has 2 aliphatic rings. The van der Waals surface area contributed by atoms with Gasteiger partial charge in [0.05, 0.1) is 11.1 Å². The van der Waals surface area contributed by atoms with E-state index in [0.717, 1.165) is 40.3 Å². The molecule has 6 heteroatoms. The summed E-state index contributed by atoms with van der Waals surface area (Å²) in [6, 6.07) is 8.40. The molecule has 1 aromatic heterocycles. The molecule has 2 aromatic rings. The van der Waals surface area contributed by atoms with Crippen LogP contribution in [0.2, 0.25) is 5.02 Å². The van der Waals surface area contributed by atoms with E-state index >= 15 is 0 Å². The molecule has 1 aliphatic carbocycles. The monoisotopic (exact) mass is 363 g/mol. The Balaban J connectivity index is 1.64. The summed E-state index contributed by atoms with van der Waals surface area (Å²) < 4.78 is 8.08. The fourth-order valence-electron chi connectivity index (χ4n) is 3.64. The van der Waals surface area contributed by atoms with Crippen molar-refractivity contribution in [2.24, 2.45) is 0 Å². The van der Waals surface area contributed by atoms with Crippen LogP contribution >= 0.6 is 23.4 Å². The molecule has 0 bridgehead atoms. The molecule has 1 aromatic carbocycles. The zero-order valence-electron chi connectivity index (χ0n) is 13.7. The van der Waals surface area contributed by atoms with Gasteiger partial charge in [0, 0.05) is 24.0 Å². The molecule has 1 atom stereocenters. The van der Waals surface area contributed by atoms with Gasteiger partial charge in [0.15, 0.2) is 11.0 Å². The second-order valence-electron chi connectivity index (χ2n) is 6.54. The fraction of sp³-hybridized carbons (Fsp3) is 0.556. The van der Waals surface area contributed by atoms with Crippen LogP contribution in [0, 0.1) is 0 Å². The van der Waals surface area contributed by atoms with Crippen LogP contribution in [0.3, 0.4) is 0 Å². The standard InChI is InChI=1S/C18H22ClN3OS/c19-16-10-4-3-9-15(16)17-20-21-18(22(17)13-6-1-2-7-13)24-12-14-8-5-11-23-14/h3-4,9-10,13-14H,1-2,5-8,11-12H2. The highest BCUT2D eigenvalue weighted by atomic mass is 35.5. The molecular formula is C18H22ClN3OS. The third-order valence-corrected chi connectivity index (χ3v) is 6.30. The number of nitrogens with zero attached hydrogens (tertiary/aromatic N) is 3. The minimum Gasteiger partial charge on any atom is -0.377 e. The third kappa shape index (κ3) is 3.35. The van der Waals surface area contributed by atoms with Crippen LogP contribution in [-0.4, -0.2) is 33.2 Å². The van der Waals surface area contributed by atoms with Crippen LogP contribution in [0.4, 0.5) is 0 Å². The summed E-state index contributed by atoms with van der Waals surface area (Å²) in [4.78, 5) is 0. The van der Waals surface area contributed by atoms with Gasteiger partial charge in [-0.05, 0) is 37.8 Å². The Kier molecular flexibility index (Phi) is 5.11. The second kappa shape index (κ2) is 7.46. The summed E-state index contributed by atoms with van der Waals surface area (Å²) in [7, 11) is 0. The van der Waals surface area contributed by atoms with Gasteiger partial charge in [-0.1, -0.05) is 48.3 Å². The van der Waals surface area contributed by atoms with Gasteiger partial charge in [-0.3, -0.25) is 4.57 Å². The van der Waals surface area contributed by atoms with E-state index in [1.165, 1.54) is 32.1 Å². The van der Waals surface area contributed by atoms with Crippen LogP contribution in [0.15, 0.2) is 29.4 Å². The van der Waals surface area contributed by atoms with E-state index in [9.17, 15) is 0 Å². The second-order valence-corrected chi connectivity index (χ2v) is 7.93. The number of aromatic nitrogens is 3. The van der Waals surface area contributed by atoms with E-state index in [1.54, 1.807) is 11.8 Å². The average Bonchev–Trinajstić information content (AvgIpc) is 3.34. The Morgan fingerprint density at radius 2 is 1.96 bits per heavy atom. The lowest BCUT2D eigenvalue weighted by Crippen LogP contribution is -2.12. The lowest BCUT2D eigenvalue weighted by molar-refractivity contribution is 0.129. The van der Waals surface area contributed by atoms with Gasteiger partial charge in [0.25, 0.3) is 0 Å². The van der Waals surface area contributed by atoms with Gasteiger partial charge in [-0.15, -0.1) is 10.2 Å². The first-order chi connectivity index (χ1) is 11.8. The summed E-state index contributed by atoms with van der Waals surface area (Å²) in [5, 5.41) is 10.7. The van der Waals surface area contributed by atoms with Crippen LogP contribution in [0.1, 0.15) is 44.6 Å². The quantitative estimate of drug-likeness (QED) is 0.702. The number of ether oxygens (including phenoxy) is 1. The lowest BCUT2D eigenvalue weighted by Gasteiger charge is -2.18. The van der Waals surface area contributed by atoms with E-state index in [2.05, 4.69) is 14.8 Å². The summed E-state index contributed by atoms with van der Waals surface area (Å²) in [5.41, 5.74) is 0.975. The Labute approximate surface area is 151 Å². The topological polar surface area (TPSA) is 39.9 Å². The Hall–Kier alpha value is -1.04. The van der Waals surface area contributed by atoms with Crippen molar-refractivity contribution in [3.63, 3.8) is 0 Å². The molecule has 1 saturated carbocycles. The summed E-state index contributed by atoms with van der Waals surface area (Å²) >= 11 is 8.19. The van der Waals surface area contributed by atoms with Gasteiger partial charge >= 0.3 is 0 Å². The van der Waals surface area contributed by atoms with Gasteiger partial charge in [0.2, 0.25) is 0 Å². The van der Waals surface area contributed by atoms with Crippen molar-refractivity contribution >= 4 is 23.4 Å². The number of thioether (sulfide) groups is 1. The molecule has 0 amide bonds. The van der Waals surface area contributed by atoms with Crippen LogP contribution in [0.25, 0.3) is 11.4 Å². The molecule has 0 N–H and O–H groups in total. The van der Waals surface area contributed by atoms with Gasteiger partial charge < -0.3 is 4.74 Å². The van der Waals surface area contributed by atoms with Crippen molar-refractivity contribution in [3.8, 4) is 11.4 Å². The van der Waals surface area contributed by atoms with Crippen LogP contribution in [-0.2, 0) is 4.74 Å². The molecule has 1 unspecified atom stereocenters. The first-order valence-corrected chi connectivity index (χ1v) is 10.1. The average molecular weight is 364 g/mol. The zero-order chi connectivity index (χ0) is 16.4. The highest BCUT2D eigenvalue weighted by Crippen LogP contribution is 2.38. The largest absolute Gasteiger partial charge is 0.377 e. The molecular weight excluding hydrogens is 342 g/mol. The maximum atomic E-state index is 6.42. The molecule has 1 aliphatic heterocycles. The molecule has 0 radical (unpaired) electrons. The highest BCUT2D eigenvalue weighted by Gasteiger charge is 2.26. The SMILES string of the molecule is Clc1ccccc1-c1nnc(SCC2CCCO2)n1C1CCCC1. The summed E-state index contributed by atoms with van der Waals surface area (Å²) in [6.45, 7) is 0.894. The number of benzene rings is 1. The van der Waals surface area contributed by atoms with Crippen molar-refractivity contribution in [2.45, 2.75) is 55.8 Å². The Morgan fingerprint density at radius 3 is 2.71 bits per heavy atom. The summed E-state index contributed by atoms with van der Waals surface area (Å²) in [5.74, 6) is 1.86. The normalized spacial score (nSPS) is 21.6. The van der Waals surface area contributed by atoms with E-state index in [4.69, 9.17) is 16.3 Å². The number of hydrogen-bond acceptors (Lipinski definition) is 4. The van der Waals surface area contributed by atoms with Crippen molar-refractivity contribution in [3.05, 3.63) is 29.3 Å². The molecule has 24 heavy (non-hydrogen) atoms. The first-order valence-electron chi connectivity index (χ1n) is 8.77. The molecule has 1 saturated heterocycles. The van der Waals surface area contributed by atoms with E-state index in [0.29, 0.717) is 12.1 Å². The predicted molar refractivity (Wildman–Crippen MR) is 97.7 cm³/mol. The van der Waals surface area contributed by atoms with Gasteiger partial charge in [-0.2, -0.15) is 0 Å². The zero-order valence-corrected chi connectivity index (χ0v) is 15.2. The molecule has 0 spiro atoms. The molecule has 128 valence electrons. The van der Waals surface area contributed by atoms with Crippen LogP contribution in [0.5, 0.6) is 0 Å². The third-order valence-electron chi connectivity index (χ3n) is 4.89. The van der Waals surface area contributed by atoms with E-state index in [1.807, 2.05) is 24.3 Å². The lowest BCUT2D eigenvalue weighted by atomic mass is 10.2. The Morgan fingerprint density at radius 1 is 1.12 bits per heavy atom. The Bertz CT molecular complexity index is 693. The minimum absolute atomic E-state index is 0.354. The minimum atomic E-state index is 0.354. The van der Waals surface area contributed by atoms with E-state index in [-0.39, 0.29) is 0 Å². The van der Waals surface area contributed by atoms with Crippen LogP contribution < -0.4 is 0 Å². The number of hydrogen-bond donors (Lipinski definition) is 0. The van der Waals surface area contributed by atoms with Crippen molar-refractivity contribution in [2.75, 3.05) is 12.4 Å². The molecule has 4 nitrogen and oxygen atoms in total. The first kappa shape index (κ1) is 16.4. The predicted octanol–water partition coefficient (Wildman–Crippen LogP) is 4.98. The van der Waals surface area contributed by atoms with Crippen molar-refractivity contribution < 1.29 is 4.74 Å². The van der Waals surface area contributed by atoms with Crippen molar-refractivity contribution in [1.29, 1.82) is 0 Å².